The first kappa shape index (κ1) is 27.1. The molecule has 38 heavy (non-hydrogen) atoms. The van der Waals surface area contributed by atoms with Crippen LogP contribution in [0.3, 0.4) is 0 Å². The number of carbonyl (C=O) groups excluding carboxylic acids is 1. The van der Waals surface area contributed by atoms with E-state index < -0.39 is 25.6 Å². The van der Waals surface area contributed by atoms with Crippen LogP contribution < -0.4 is 18.6 Å². The number of amides is 1. The van der Waals surface area contributed by atoms with Crippen molar-refractivity contribution in [3.63, 3.8) is 0 Å². The average Bonchev–Trinajstić information content (AvgIpc) is 3.17. The van der Waals surface area contributed by atoms with E-state index in [-0.39, 0.29) is 17.4 Å². The normalized spacial score (nSPS) is 14.6. The summed E-state index contributed by atoms with van der Waals surface area (Å²) in [7, 11) is -3.23. The molecule has 1 saturated heterocycles. The van der Waals surface area contributed by atoms with Crippen LogP contribution in [0.1, 0.15) is 12.5 Å². The van der Waals surface area contributed by atoms with E-state index in [1.165, 1.54) is 42.3 Å². The van der Waals surface area contributed by atoms with E-state index in [4.69, 9.17) is 25.9 Å². The summed E-state index contributed by atoms with van der Waals surface area (Å²) in [6.45, 7) is 2.40. The second-order valence-corrected chi connectivity index (χ2v) is 10.8. The van der Waals surface area contributed by atoms with E-state index in [0.717, 1.165) is 23.9 Å². The quantitative estimate of drug-likeness (QED) is 0.111. The molecule has 13 heteroatoms. The number of hydrogen-bond donors (Lipinski definition) is 0. The molecule has 0 saturated carbocycles. The van der Waals surface area contributed by atoms with Crippen LogP contribution in [0, 0.1) is 10.1 Å². The van der Waals surface area contributed by atoms with Crippen LogP contribution in [0.2, 0.25) is 0 Å². The molecule has 0 spiro atoms. The molecule has 0 aromatic heterocycles. The van der Waals surface area contributed by atoms with E-state index in [2.05, 4.69) is 0 Å². The first-order chi connectivity index (χ1) is 18.1. The zero-order valence-electron chi connectivity index (χ0n) is 20.0. The molecule has 1 amide bonds. The number of nitrogens with zero attached hydrogens (tertiary/aromatic N) is 2. The highest BCUT2D eigenvalue weighted by atomic mass is 32.2. The van der Waals surface area contributed by atoms with Crippen LogP contribution in [-0.2, 0) is 14.9 Å². The number of nitro benzene ring substituents is 1. The van der Waals surface area contributed by atoms with Gasteiger partial charge in [0.2, 0.25) is 0 Å². The lowest BCUT2D eigenvalue weighted by molar-refractivity contribution is -0.387. The third kappa shape index (κ3) is 5.64. The molecule has 0 bridgehead atoms. The Kier molecular flexibility index (Phi) is 7.99. The molecule has 1 aliphatic heterocycles. The standard InChI is InChI=1S/C25H20N2O8S3/c1-3-34-18-11-9-17(10-12-18)26-24(28)22(37-25(26)36)15-16-8-13-20(21(14-16)33-2)35-38(31,32)23-7-5-4-6-19(23)27(29)30/h4-15H,3H2,1-2H3/b22-15-. The van der Waals surface area contributed by atoms with Crippen molar-refractivity contribution in [3.05, 3.63) is 87.3 Å². The van der Waals surface area contributed by atoms with Crippen molar-refractivity contribution in [2.45, 2.75) is 11.8 Å². The van der Waals surface area contributed by atoms with Gasteiger partial charge in [0.1, 0.15) is 5.75 Å². The van der Waals surface area contributed by atoms with Gasteiger partial charge in [0.15, 0.2) is 20.7 Å². The van der Waals surface area contributed by atoms with Crippen molar-refractivity contribution >= 4 is 61.8 Å². The molecule has 196 valence electrons. The number of thiocarbonyl (C=S) groups is 1. The second kappa shape index (κ2) is 11.2. The summed E-state index contributed by atoms with van der Waals surface area (Å²) in [5.74, 6) is 0.227. The van der Waals surface area contributed by atoms with E-state index in [1.807, 2.05) is 6.92 Å². The smallest absolute Gasteiger partial charge is 0.346 e. The Balaban J connectivity index is 1.59. The highest BCUT2D eigenvalue weighted by Crippen LogP contribution is 2.38. The Morgan fingerprint density at radius 2 is 1.79 bits per heavy atom. The van der Waals surface area contributed by atoms with Gasteiger partial charge in [-0.2, -0.15) is 8.42 Å². The van der Waals surface area contributed by atoms with Crippen LogP contribution in [0.5, 0.6) is 17.2 Å². The number of nitro groups is 1. The Hall–Kier alpha value is -3.94. The fourth-order valence-electron chi connectivity index (χ4n) is 3.53. The van der Waals surface area contributed by atoms with Crippen molar-refractivity contribution < 1.29 is 31.8 Å². The van der Waals surface area contributed by atoms with Crippen LogP contribution in [0.4, 0.5) is 11.4 Å². The van der Waals surface area contributed by atoms with E-state index in [0.29, 0.717) is 32.8 Å². The minimum atomic E-state index is -4.55. The number of anilines is 1. The third-order valence-electron chi connectivity index (χ3n) is 5.22. The van der Waals surface area contributed by atoms with Gasteiger partial charge < -0.3 is 13.7 Å². The predicted molar refractivity (Wildman–Crippen MR) is 147 cm³/mol. The van der Waals surface area contributed by atoms with Gasteiger partial charge in [-0.05, 0) is 61.0 Å². The first-order valence-corrected chi connectivity index (χ1v) is 13.6. The summed E-state index contributed by atoms with van der Waals surface area (Å²) in [6, 6.07) is 16.2. The maximum Gasteiger partial charge on any atom is 0.346 e. The molecule has 3 aromatic rings. The summed E-state index contributed by atoms with van der Waals surface area (Å²) in [6.07, 6.45) is 1.59. The Labute approximate surface area is 228 Å². The van der Waals surface area contributed by atoms with Gasteiger partial charge in [0.25, 0.3) is 11.6 Å². The summed E-state index contributed by atoms with van der Waals surface area (Å²) in [5.41, 5.74) is 0.503. The molecule has 1 heterocycles. The molecular weight excluding hydrogens is 552 g/mol. The third-order valence-corrected chi connectivity index (χ3v) is 7.80. The molecule has 1 fully saturated rings. The first-order valence-electron chi connectivity index (χ1n) is 11.0. The van der Waals surface area contributed by atoms with Crippen LogP contribution in [0.15, 0.2) is 76.5 Å². The molecule has 10 nitrogen and oxygen atoms in total. The van der Waals surface area contributed by atoms with Gasteiger partial charge in [-0.3, -0.25) is 19.8 Å². The summed E-state index contributed by atoms with van der Waals surface area (Å²) in [5, 5.41) is 11.3. The van der Waals surface area contributed by atoms with Crippen molar-refractivity contribution in [1.29, 1.82) is 0 Å². The zero-order chi connectivity index (χ0) is 27.4. The van der Waals surface area contributed by atoms with E-state index >= 15 is 0 Å². The van der Waals surface area contributed by atoms with Crippen LogP contribution in [-0.4, -0.2) is 37.3 Å². The molecule has 1 aliphatic rings. The average molecular weight is 573 g/mol. The Morgan fingerprint density at radius 3 is 2.45 bits per heavy atom. The molecule has 0 N–H and O–H groups in total. The number of rotatable bonds is 9. The molecule has 0 radical (unpaired) electrons. The molecular formula is C25H20N2O8S3. The zero-order valence-corrected chi connectivity index (χ0v) is 22.5. The number of hydrogen-bond acceptors (Lipinski definition) is 10. The van der Waals surface area contributed by atoms with Crippen LogP contribution >= 0.6 is 24.0 Å². The number of ether oxygens (including phenoxy) is 2. The SMILES string of the molecule is CCOc1ccc(N2C(=O)/C(=C/c3ccc(OS(=O)(=O)c4ccccc4[N+](=O)[O-])c(OC)c3)SC2=S)cc1. The van der Waals surface area contributed by atoms with Crippen molar-refractivity contribution in [1.82, 2.24) is 0 Å². The fourth-order valence-corrected chi connectivity index (χ4v) is 5.93. The van der Waals surface area contributed by atoms with Gasteiger partial charge in [-0.1, -0.05) is 42.2 Å². The Bertz CT molecular complexity index is 1550. The molecule has 0 aliphatic carbocycles. The second-order valence-electron chi connectivity index (χ2n) is 7.62. The van der Waals surface area contributed by atoms with E-state index in [9.17, 15) is 23.3 Å². The molecule has 0 atom stereocenters. The number of para-hydroxylation sites is 1. The molecule has 4 rings (SSSR count). The minimum absolute atomic E-state index is 0.0444. The van der Waals surface area contributed by atoms with Crippen molar-refractivity contribution in [3.8, 4) is 17.2 Å². The van der Waals surface area contributed by atoms with Gasteiger partial charge in [0, 0.05) is 6.07 Å². The largest absolute Gasteiger partial charge is 0.494 e. The lowest BCUT2D eigenvalue weighted by Crippen LogP contribution is -2.27. The van der Waals surface area contributed by atoms with Gasteiger partial charge >= 0.3 is 10.1 Å². The van der Waals surface area contributed by atoms with Gasteiger partial charge in [0.05, 0.1) is 29.2 Å². The maximum atomic E-state index is 13.1. The summed E-state index contributed by atoms with van der Waals surface area (Å²) < 4.78 is 41.8. The fraction of sp³-hybridized carbons (Fsp3) is 0.120. The molecule has 3 aromatic carbocycles. The number of carbonyl (C=O) groups is 1. The maximum absolute atomic E-state index is 13.1. The number of thioether (sulfide) groups is 1. The van der Waals surface area contributed by atoms with Crippen molar-refractivity contribution in [2.75, 3.05) is 18.6 Å². The highest BCUT2D eigenvalue weighted by molar-refractivity contribution is 8.27. The lowest BCUT2D eigenvalue weighted by atomic mass is 10.2. The van der Waals surface area contributed by atoms with Crippen LogP contribution in [0.25, 0.3) is 6.08 Å². The van der Waals surface area contributed by atoms with Gasteiger partial charge in [-0.15, -0.1) is 0 Å². The molecule has 0 unspecified atom stereocenters. The number of methoxy groups -OCH3 is 1. The van der Waals surface area contributed by atoms with E-state index in [1.54, 1.807) is 30.3 Å². The predicted octanol–water partition coefficient (Wildman–Crippen LogP) is 5.18. The number of benzene rings is 3. The summed E-state index contributed by atoms with van der Waals surface area (Å²) in [4.78, 5) is 24.7. The topological polar surface area (TPSA) is 125 Å². The monoisotopic (exact) mass is 572 g/mol. The Morgan fingerprint density at radius 1 is 1.08 bits per heavy atom. The minimum Gasteiger partial charge on any atom is -0.494 e. The lowest BCUT2D eigenvalue weighted by Gasteiger charge is -2.15. The highest BCUT2D eigenvalue weighted by Gasteiger charge is 2.33. The van der Waals surface area contributed by atoms with Gasteiger partial charge in [-0.25, -0.2) is 0 Å². The van der Waals surface area contributed by atoms with Crippen molar-refractivity contribution in [2.24, 2.45) is 0 Å². The summed E-state index contributed by atoms with van der Waals surface area (Å²) >= 11 is 6.54.